The molecule has 0 fully saturated rings. The quantitative estimate of drug-likeness (QED) is 0.822. The largest absolute Gasteiger partial charge is 0.497 e. The molecule has 0 saturated heterocycles. The summed E-state index contributed by atoms with van der Waals surface area (Å²) in [4.78, 5) is 15.8. The minimum Gasteiger partial charge on any atom is -0.497 e. The number of amides is 1. The van der Waals surface area contributed by atoms with Crippen molar-refractivity contribution in [2.45, 2.75) is 0 Å². The van der Waals surface area contributed by atoms with Crippen molar-refractivity contribution in [3.05, 3.63) is 48.7 Å². The Morgan fingerprint density at radius 1 is 1.18 bits per heavy atom. The lowest BCUT2D eigenvalue weighted by molar-refractivity contribution is -0.121. The smallest absolute Gasteiger partial charge is 0.264 e. The first-order valence-electron chi connectivity index (χ1n) is 6.46. The zero-order valence-corrected chi connectivity index (χ0v) is 12.7. The third kappa shape index (κ3) is 5.02. The third-order valence-corrected chi connectivity index (χ3v) is 2.79. The molecule has 0 radical (unpaired) electrons. The van der Waals surface area contributed by atoms with Crippen LogP contribution >= 0.6 is 12.2 Å². The Hall–Kier alpha value is -2.67. The average molecular weight is 317 g/mol. The number of nitrogens with one attached hydrogen (secondary N) is 2. The van der Waals surface area contributed by atoms with E-state index in [9.17, 15) is 4.79 Å². The molecule has 1 aromatic heterocycles. The summed E-state index contributed by atoms with van der Waals surface area (Å²) >= 11 is 5.02. The van der Waals surface area contributed by atoms with Gasteiger partial charge >= 0.3 is 0 Å². The molecule has 0 aliphatic carbocycles. The number of carbonyl (C=O) groups is 1. The van der Waals surface area contributed by atoms with E-state index >= 15 is 0 Å². The first kappa shape index (κ1) is 15.7. The van der Waals surface area contributed by atoms with Gasteiger partial charge in [-0.3, -0.25) is 10.1 Å². The highest BCUT2D eigenvalue weighted by atomic mass is 32.1. The molecule has 7 heteroatoms. The maximum atomic E-state index is 11.7. The van der Waals surface area contributed by atoms with Crippen LogP contribution in [0.3, 0.4) is 0 Å². The number of rotatable bonds is 5. The van der Waals surface area contributed by atoms with Crippen LogP contribution in [0.5, 0.6) is 11.5 Å². The molecule has 2 aromatic rings. The molecule has 0 bridgehead atoms. The SMILES string of the molecule is COc1ccc(OCC(=O)NC(=S)Nc2ccccn2)cc1. The number of ether oxygens (including phenoxy) is 2. The van der Waals surface area contributed by atoms with E-state index < -0.39 is 0 Å². The van der Waals surface area contributed by atoms with E-state index in [4.69, 9.17) is 21.7 Å². The molecule has 1 aromatic carbocycles. The molecule has 1 heterocycles. The van der Waals surface area contributed by atoms with Gasteiger partial charge in [-0.25, -0.2) is 4.98 Å². The summed E-state index contributed by atoms with van der Waals surface area (Å²) in [6, 6.07) is 12.3. The van der Waals surface area contributed by atoms with Crippen LogP contribution in [0.2, 0.25) is 0 Å². The first-order valence-corrected chi connectivity index (χ1v) is 6.87. The van der Waals surface area contributed by atoms with Crippen molar-refractivity contribution >= 4 is 29.1 Å². The molecule has 0 spiro atoms. The van der Waals surface area contributed by atoms with Crippen molar-refractivity contribution in [3.8, 4) is 11.5 Å². The Labute approximate surface area is 133 Å². The van der Waals surface area contributed by atoms with E-state index in [0.717, 1.165) is 5.75 Å². The summed E-state index contributed by atoms with van der Waals surface area (Å²) in [5.41, 5.74) is 0. The van der Waals surface area contributed by atoms with Gasteiger partial charge < -0.3 is 14.8 Å². The lowest BCUT2D eigenvalue weighted by atomic mass is 10.3. The van der Waals surface area contributed by atoms with E-state index in [-0.39, 0.29) is 17.6 Å². The van der Waals surface area contributed by atoms with Crippen molar-refractivity contribution in [2.24, 2.45) is 0 Å². The minimum atomic E-state index is -0.357. The lowest BCUT2D eigenvalue weighted by Gasteiger charge is -2.10. The van der Waals surface area contributed by atoms with E-state index in [1.165, 1.54) is 0 Å². The van der Waals surface area contributed by atoms with Crippen LogP contribution in [0.25, 0.3) is 0 Å². The second-order valence-electron chi connectivity index (χ2n) is 4.18. The molecule has 6 nitrogen and oxygen atoms in total. The normalized spacial score (nSPS) is 9.68. The fourth-order valence-electron chi connectivity index (χ4n) is 1.57. The molecule has 1 amide bonds. The maximum Gasteiger partial charge on any atom is 0.264 e. The zero-order chi connectivity index (χ0) is 15.8. The molecule has 0 unspecified atom stereocenters. The second-order valence-corrected chi connectivity index (χ2v) is 4.59. The number of carbonyl (C=O) groups excluding carboxylic acids is 1. The van der Waals surface area contributed by atoms with Gasteiger partial charge in [-0.05, 0) is 48.6 Å². The molecule has 0 saturated carbocycles. The lowest BCUT2D eigenvalue weighted by Crippen LogP contribution is -2.37. The molecular formula is C15H15N3O3S. The van der Waals surface area contributed by atoms with Crippen LogP contribution in [-0.2, 0) is 4.79 Å². The van der Waals surface area contributed by atoms with Crippen molar-refractivity contribution in [2.75, 3.05) is 19.0 Å². The summed E-state index contributed by atoms with van der Waals surface area (Å²) in [6.07, 6.45) is 1.62. The predicted octanol–water partition coefficient (Wildman–Crippen LogP) is 1.98. The molecule has 2 rings (SSSR count). The number of benzene rings is 1. The van der Waals surface area contributed by atoms with E-state index in [1.54, 1.807) is 49.7 Å². The van der Waals surface area contributed by atoms with Crippen LogP contribution in [-0.4, -0.2) is 29.7 Å². The van der Waals surface area contributed by atoms with Gasteiger partial charge in [0.05, 0.1) is 7.11 Å². The Morgan fingerprint density at radius 3 is 2.55 bits per heavy atom. The van der Waals surface area contributed by atoms with E-state index in [1.807, 2.05) is 6.07 Å². The summed E-state index contributed by atoms with van der Waals surface area (Å²) in [5.74, 6) is 1.49. The molecule has 0 aliphatic rings. The average Bonchev–Trinajstić information content (AvgIpc) is 2.54. The molecule has 2 N–H and O–H groups in total. The van der Waals surface area contributed by atoms with Crippen LogP contribution < -0.4 is 20.1 Å². The van der Waals surface area contributed by atoms with Crippen molar-refractivity contribution in [1.29, 1.82) is 0 Å². The Kier molecular flexibility index (Phi) is 5.67. The van der Waals surface area contributed by atoms with Crippen LogP contribution in [0.4, 0.5) is 5.82 Å². The zero-order valence-electron chi connectivity index (χ0n) is 11.9. The molecule has 22 heavy (non-hydrogen) atoms. The van der Waals surface area contributed by atoms with Crippen LogP contribution in [0, 0.1) is 0 Å². The number of methoxy groups -OCH3 is 1. The van der Waals surface area contributed by atoms with E-state index in [0.29, 0.717) is 11.6 Å². The van der Waals surface area contributed by atoms with Gasteiger partial charge in [-0.15, -0.1) is 0 Å². The Balaban J connectivity index is 1.76. The number of anilines is 1. The maximum absolute atomic E-state index is 11.7. The predicted molar refractivity (Wildman–Crippen MR) is 87.1 cm³/mol. The highest BCUT2D eigenvalue weighted by molar-refractivity contribution is 7.80. The Bertz CT molecular complexity index is 632. The van der Waals surface area contributed by atoms with Gasteiger partial charge in [0.25, 0.3) is 5.91 Å². The molecule has 114 valence electrons. The summed E-state index contributed by atoms with van der Waals surface area (Å²) in [6.45, 7) is -0.142. The molecule has 0 aliphatic heterocycles. The third-order valence-electron chi connectivity index (χ3n) is 2.59. The second kappa shape index (κ2) is 7.94. The summed E-state index contributed by atoms with van der Waals surface area (Å²) < 4.78 is 10.4. The number of aromatic nitrogens is 1. The Morgan fingerprint density at radius 2 is 1.91 bits per heavy atom. The van der Waals surface area contributed by atoms with Crippen LogP contribution in [0.15, 0.2) is 48.7 Å². The number of hydrogen-bond acceptors (Lipinski definition) is 5. The number of thiocarbonyl (C=S) groups is 1. The van der Waals surface area contributed by atoms with Gasteiger partial charge in [0.15, 0.2) is 11.7 Å². The molecular weight excluding hydrogens is 302 g/mol. The topological polar surface area (TPSA) is 72.5 Å². The van der Waals surface area contributed by atoms with Crippen molar-refractivity contribution in [1.82, 2.24) is 10.3 Å². The monoisotopic (exact) mass is 317 g/mol. The standard InChI is InChI=1S/C15H15N3O3S/c1-20-11-5-7-12(8-6-11)21-10-14(19)18-15(22)17-13-4-2-3-9-16-13/h2-9H,10H2,1H3,(H2,16,17,18,19,22). The summed E-state index contributed by atoms with van der Waals surface area (Å²) in [5, 5.41) is 5.48. The van der Waals surface area contributed by atoms with Crippen molar-refractivity contribution < 1.29 is 14.3 Å². The fraction of sp³-hybridized carbons (Fsp3) is 0.133. The number of hydrogen-bond donors (Lipinski definition) is 2. The highest BCUT2D eigenvalue weighted by Gasteiger charge is 2.06. The first-order chi connectivity index (χ1) is 10.7. The van der Waals surface area contributed by atoms with Gasteiger partial charge in [-0.2, -0.15) is 0 Å². The van der Waals surface area contributed by atoms with Crippen molar-refractivity contribution in [3.63, 3.8) is 0 Å². The van der Waals surface area contributed by atoms with Gasteiger partial charge in [-0.1, -0.05) is 6.07 Å². The molecule has 0 atom stereocenters. The van der Waals surface area contributed by atoms with Crippen LogP contribution in [0.1, 0.15) is 0 Å². The van der Waals surface area contributed by atoms with Gasteiger partial charge in [0.2, 0.25) is 0 Å². The summed E-state index contributed by atoms with van der Waals surface area (Å²) in [7, 11) is 1.58. The number of nitrogens with zero attached hydrogens (tertiary/aromatic N) is 1. The number of pyridine rings is 1. The van der Waals surface area contributed by atoms with Gasteiger partial charge in [0, 0.05) is 6.20 Å². The van der Waals surface area contributed by atoms with E-state index in [2.05, 4.69) is 15.6 Å². The fourth-order valence-corrected chi connectivity index (χ4v) is 1.79. The highest BCUT2D eigenvalue weighted by Crippen LogP contribution is 2.16. The van der Waals surface area contributed by atoms with Gasteiger partial charge in [0.1, 0.15) is 17.3 Å². The minimum absolute atomic E-state index is 0.142.